The number of nitrogens with one attached hydrogen (secondary N) is 1. The Hall–Kier alpha value is -3.13. The van der Waals surface area contributed by atoms with E-state index < -0.39 is 17.4 Å². The standard InChI is InChI=1S/C15H12ClN3O5/c16-11-5-6-13(20)10(7-11)8-17-18-15(21)9-24-14-4-2-1-3-12(14)19(22)23/h1-8,20H,9H2,(H,18,21). The Morgan fingerprint density at radius 1 is 1.38 bits per heavy atom. The third-order valence-corrected chi connectivity index (χ3v) is 3.04. The summed E-state index contributed by atoms with van der Waals surface area (Å²) in [7, 11) is 0. The molecule has 0 radical (unpaired) electrons. The Labute approximate surface area is 141 Å². The van der Waals surface area contributed by atoms with E-state index in [-0.39, 0.29) is 17.2 Å². The molecule has 24 heavy (non-hydrogen) atoms. The number of aromatic hydroxyl groups is 1. The maximum Gasteiger partial charge on any atom is 0.310 e. The summed E-state index contributed by atoms with van der Waals surface area (Å²) < 4.78 is 5.11. The molecule has 2 rings (SSSR count). The van der Waals surface area contributed by atoms with Gasteiger partial charge in [-0.25, -0.2) is 5.43 Å². The highest BCUT2D eigenvalue weighted by molar-refractivity contribution is 6.30. The van der Waals surface area contributed by atoms with E-state index in [1.807, 2.05) is 0 Å². The van der Waals surface area contributed by atoms with Gasteiger partial charge in [0.1, 0.15) is 5.75 Å². The first-order valence-electron chi connectivity index (χ1n) is 6.64. The Morgan fingerprint density at radius 2 is 2.12 bits per heavy atom. The van der Waals surface area contributed by atoms with Crippen molar-refractivity contribution < 1.29 is 19.6 Å². The molecular formula is C15H12ClN3O5. The number of nitro groups is 1. The second kappa shape index (κ2) is 7.93. The summed E-state index contributed by atoms with van der Waals surface area (Å²) in [6.45, 7) is -0.455. The monoisotopic (exact) mass is 349 g/mol. The van der Waals surface area contributed by atoms with Crippen molar-refractivity contribution in [2.45, 2.75) is 0 Å². The van der Waals surface area contributed by atoms with Crippen LogP contribution in [-0.2, 0) is 4.79 Å². The molecule has 2 N–H and O–H groups in total. The summed E-state index contributed by atoms with van der Waals surface area (Å²) in [6, 6.07) is 10.1. The van der Waals surface area contributed by atoms with Crippen LogP contribution >= 0.6 is 11.6 Å². The third kappa shape index (κ3) is 4.68. The number of hydrogen-bond acceptors (Lipinski definition) is 6. The fourth-order valence-electron chi connectivity index (χ4n) is 1.71. The summed E-state index contributed by atoms with van der Waals surface area (Å²) in [5, 5.41) is 24.5. The Balaban J connectivity index is 1.91. The number of nitro benzene ring substituents is 1. The first kappa shape index (κ1) is 17.2. The van der Waals surface area contributed by atoms with Crippen molar-refractivity contribution in [2.75, 3.05) is 6.61 Å². The van der Waals surface area contributed by atoms with E-state index >= 15 is 0 Å². The molecule has 0 heterocycles. The van der Waals surface area contributed by atoms with Gasteiger partial charge in [-0.1, -0.05) is 23.7 Å². The molecule has 0 saturated carbocycles. The van der Waals surface area contributed by atoms with Gasteiger partial charge in [-0.05, 0) is 24.3 Å². The van der Waals surface area contributed by atoms with Crippen molar-refractivity contribution in [3.05, 3.63) is 63.2 Å². The van der Waals surface area contributed by atoms with Gasteiger partial charge in [-0.3, -0.25) is 14.9 Å². The highest BCUT2D eigenvalue weighted by Gasteiger charge is 2.14. The molecule has 124 valence electrons. The molecule has 0 bridgehead atoms. The van der Waals surface area contributed by atoms with Gasteiger partial charge in [0.2, 0.25) is 0 Å². The van der Waals surface area contributed by atoms with Crippen LogP contribution in [0, 0.1) is 10.1 Å². The number of amides is 1. The van der Waals surface area contributed by atoms with Crippen LogP contribution in [0.15, 0.2) is 47.6 Å². The van der Waals surface area contributed by atoms with E-state index in [9.17, 15) is 20.0 Å². The number of ether oxygens (including phenoxy) is 1. The van der Waals surface area contributed by atoms with Gasteiger partial charge in [0.15, 0.2) is 12.4 Å². The molecule has 9 heteroatoms. The smallest absolute Gasteiger partial charge is 0.310 e. The fraction of sp³-hybridized carbons (Fsp3) is 0.0667. The molecule has 0 aliphatic heterocycles. The zero-order valence-corrected chi connectivity index (χ0v) is 12.9. The van der Waals surface area contributed by atoms with Crippen LogP contribution in [0.1, 0.15) is 5.56 Å². The van der Waals surface area contributed by atoms with Crippen LogP contribution < -0.4 is 10.2 Å². The van der Waals surface area contributed by atoms with E-state index in [1.54, 1.807) is 6.07 Å². The first-order chi connectivity index (χ1) is 11.5. The van der Waals surface area contributed by atoms with Crippen molar-refractivity contribution in [3.63, 3.8) is 0 Å². The Morgan fingerprint density at radius 3 is 2.88 bits per heavy atom. The summed E-state index contributed by atoms with van der Waals surface area (Å²) >= 11 is 5.78. The van der Waals surface area contributed by atoms with Gasteiger partial charge in [0.25, 0.3) is 5.91 Å². The van der Waals surface area contributed by atoms with Gasteiger partial charge in [0.05, 0.1) is 11.1 Å². The Bertz CT molecular complexity index is 794. The molecule has 0 unspecified atom stereocenters. The highest BCUT2D eigenvalue weighted by atomic mass is 35.5. The zero-order chi connectivity index (χ0) is 17.5. The molecule has 0 aliphatic carbocycles. The molecule has 2 aromatic rings. The number of phenolic OH excluding ortho intramolecular Hbond substituents is 1. The lowest BCUT2D eigenvalue weighted by Gasteiger charge is -2.05. The van der Waals surface area contributed by atoms with E-state index in [4.69, 9.17) is 16.3 Å². The fourth-order valence-corrected chi connectivity index (χ4v) is 1.89. The lowest BCUT2D eigenvalue weighted by atomic mass is 10.2. The van der Waals surface area contributed by atoms with Crippen LogP contribution in [0.2, 0.25) is 5.02 Å². The number of para-hydroxylation sites is 2. The van der Waals surface area contributed by atoms with Gasteiger partial charge in [-0.2, -0.15) is 5.10 Å². The number of phenols is 1. The summed E-state index contributed by atoms with van der Waals surface area (Å²) in [5.74, 6) is -0.686. The summed E-state index contributed by atoms with van der Waals surface area (Å²) in [4.78, 5) is 21.8. The minimum atomic E-state index is -0.620. The maximum atomic E-state index is 11.6. The van der Waals surface area contributed by atoms with Crippen LogP contribution in [-0.4, -0.2) is 28.8 Å². The summed E-state index contributed by atoms with van der Waals surface area (Å²) in [6.07, 6.45) is 1.21. The van der Waals surface area contributed by atoms with Gasteiger partial charge >= 0.3 is 5.69 Å². The van der Waals surface area contributed by atoms with Crippen molar-refractivity contribution >= 4 is 29.4 Å². The lowest BCUT2D eigenvalue weighted by molar-refractivity contribution is -0.385. The Kier molecular flexibility index (Phi) is 5.69. The third-order valence-electron chi connectivity index (χ3n) is 2.80. The predicted molar refractivity (Wildman–Crippen MR) is 87.4 cm³/mol. The van der Waals surface area contributed by atoms with Gasteiger partial charge in [0, 0.05) is 16.7 Å². The largest absolute Gasteiger partial charge is 0.507 e. The molecule has 0 spiro atoms. The average molecular weight is 350 g/mol. The quantitative estimate of drug-likeness (QED) is 0.472. The molecular weight excluding hydrogens is 338 g/mol. The number of halogens is 1. The molecule has 0 fully saturated rings. The zero-order valence-electron chi connectivity index (χ0n) is 12.2. The minimum absolute atomic E-state index is 0.0193. The van der Waals surface area contributed by atoms with Crippen LogP contribution in [0.3, 0.4) is 0 Å². The molecule has 0 aromatic heterocycles. The molecule has 8 nitrogen and oxygen atoms in total. The van der Waals surface area contributed by atoms with Crippen LogP contribution in [0.4, 0.5) is 5.69 Å². The lowest BCUT2D eigenvalue weighted by Crippen LogP contribution is -2.24. The number of benzene rings is 2. The second-order valence-corrected chi connectivity index (χ2v) is 4.95. The van der Waals surface area contributed by atoms with E-state index in [1.165, 1.54) is 42.6 Å². The van der Waals surface area contributed by atoms with Crippen molar-refractivity contribution in [1.82, 2.24) is 5.43 Å². The minimum Gasteiger partial charge on any atom is -0.507 e. The molecule has 0 atom stereocenters. The van der Waals surface area contributed by atoms with Crippen LogP contribution in [0.5, 0.6) is 11.5 Å². The second-order valence-electron chi connectivity index (χ2n) is 4.51. The number of rotatable bonds is 6. The predicted octanol–water partition coefficient (Wildman–Crippen LogP) is 2.48. The van der Waals surface area contributed by atoms with Crippen LogP contribution in [0.25, 0.3) is 0 Å². The molecule has 0 saturated heterocycles. The normalized spacial score (nSPS) is 10.5. The number of nitrogens with zero attached hydrogens (tertiary/aromatic N) is 2. The average Bonchev–Trinajstić information content (AvgIpc) is 2.56. The van der Waals surface area contributed by atoms with Crippen molar-refractivity contribution in [1.29, 1.82) is 0 Å². The summed E-state index contributed by atoms with van der Waals surface area (Å²) in [5.41, 5.74) is 2.26. The van der Waals surface area contributed by atoms with Crippen molar-refractivity contribution in [3.8, 4) is 11.5 Å². The molecule has 2 aromatic carbocycles. The van der Waals surface area contributed by atoms with Gasteiger partial charge in [-0.15, -0.1) is 0 Å². The molecule has 1 amide bonds. The van der Waals surface area contributed by atoms with E-state index in [0.717, 1.165) is 0 Å². The van der Waals surface area contributed by atoms with E-state index in [0.29, 0.717) is 10.6 Å². The first-order valence-corrected chi connectivity index (χ1v) is 7.02. The van der Waals surface area contributed by atoms with E-state index in [2.05, 4.69) is 10.5 Å². The number of hydrogen-bond donors (Lipinski definition) is 2. The van der Waals surface area contributed by atoms with Gasteiger partial charge < -0.3 is 9.84 Å². The SMILES string of the molecule is O=C(COc1ccccc1[N+](=O)[O-])NN=Cc1cc(Cl)ccc1O. The number of carbonyl (C=O) groups is 1. The van der Waals surface area contributed by atoms with Crippen molar-refractivity contribution in [2.24, 2.45) is 5.10 Å². The maximum absolute atomic E-state index is 11.6. The highest BCUT2D eigenvalue weighted by Crippen LogP contribution is 2.25. The number of hydrazone groups is 1. The topological polar surface area (TPSA) is 114 Å². The number of carbonyl (C=O) groups excluding carboxylic acids is 1. The molecule has 0 aliphatic rings.